The minimum absolute atomic E-state index is 0.154. The van der Waals surface area contributed by atoms with Gasteiger partial charge in [-0.25, -0.2) is 4.98 Å². The first kappa shape index (κ1) is 15.9. The fourth-order valence-electron chi connectivity index (χ4n) is 3.49. The van der Waals surface area contributed by atoms with Crippen molar-refractivity contribution in [1.82, 2.24) is 14.8 Å². The molecule has 0 aliphatic carbocycles. The number of hydrogen-bond donors (Lipinski definition) is 0. The summed E-state index contributed by atoms with van der Waals surface area (Å²) in [5.41, 5.74) is 1.04. The summed E-state index contributed by atoms with van der Waals surface area (Å²) in [7, 11) is 0. The van der Waals surface area contributed by atoms with Gasteiger partial charge in [0.05, 0.1) is 5.69 Å². The van der Waals surface area contributed by atoms with Gasteiger partial charge in [0.25, 0.3) is 5.91 Å². The summed E-state index contributed by atoms with van der Waals surface area (Å²) in [6.45, 7) is 8.60. The van der Waals surface area contributed by atoms with Gasteiger partial charge in [0.15, 0.2) is 5.01 Å². The van der Waals surface area contributed by atoms with Crippen LogP contribution in [0.4, 0.5) is 0 Å². The Labute approximate surface area is 137 Å². The van der Waals surface area contributed by atoms with Gasteiger partial charge in [-0.2, -0.15) is 0 Å². The van der Waals surface area contributed by atoms with Crippen LogP contribution in [0.1, 0.15) is 67.4 Å². The summed E-state index contributed by atoms with van der Waals surface area (Å²) in [5, 5.41) is 2.72. The molecule has 0 spiro atoms. The summed E-state index contributed by atoms with van der Waals surface area (Å²) >= 11 is 1.51. The fraction of sp³-hybridized carbons (Fsp3) is 0.765. The molecule has 0 bridgehead atoms. The van der Waals surface area contributed by atoms with Crippen LogP contribution in [0.25, 0.3) is 0 Å². The maximum atomic E-state index is 12.9. The van der Waals surface area contributed by atoms with Crippen LogP contribution in [0.5, 0.6) is 0 Å². The zero-order valence-corrected chi connectivity index (χ0v) is 14.6. The molecule has 2 saturated heterocycles. The van der Waals surface area contributed by atoms with Crippen molar-refractivity contribution >= 4 is 17.2 Å². The molecule has 2 fully saturated rings. The normalized spacial score (nSPS) is 23.4. The van der Waals surface area contributed by atoms with Crippen molar-refractivity contribution in [2.24, 2.45) is 0 Å². The summed E-state index contributed by atoms with van der Waals surface area (Å²) in [6.07, 6.45) is 6.14. The van der Waals surface area contributed by atoms with Crippen LogP contribution in [-0.2, 0) is 0 Å². The van der Waals surface area contributed by atoms with Crippen LogP contribution in [0.15, 0.2) is 5.38 Å². The Bertz CT molecular complexity index is 508. The Morgan fingerprint density at radius 1 is 1.27 bits per heavy atom. The molecule has 0 saturated carbocycles. The highest BCUT2D eigenvalue weighted by atomic mass is 32.1. The number of thiazole rings is 1. The van der Waals surface area contributed by atoms with E-state index in [1.807, 2.05) is 5.38 Å². The van der Waals surface area contributed by atoms with E-state index in [1.165, 1.54) is 43.7 Å². The Hall–Kier alpha value is -0.940. The highest BCUT2D eigenvalue weighted by molar-refractivity contribution is 7.11. The third kappa shape index (κ3) is 3.51. The van der Waals surface area contributed by atoms with E-state index in [-0.39, 0.29) is 5.91 Å². The predicted molar refractivity (Wildman–Crippen MR) is 90.6 cm³/mol. The van der Waals surface area contributed by atoms with Crippen LogP contribution in [0.3, 0.4) is 0 Å². The monoisotopic (exact) mass is 321 g/mol. The number of likely N-dealkylation sites (tertiary alicyclic amines) is 2. The summed E-state index contributed by atoms with van der Waals surface area (Å²) in [6, 6.07) is 0.380. The summed E-state index contributed by atoms with van der Waals surface area (Å²) in [5.74, 6) is 0.542. The van der Waals surface area contributed by atoms with Crippen molar-refractivity contribution in [1.29, 1.82) is 0 Å². The van der Waals surface area contributed by atoms with Crippen LogP contribution in [-0.4, -0.2) is 52.9 Å². The standard InChI is InChI=1S/C17H27N3OS/c1-13(2)15-12-22-16(18-15)17(21)20-10-4-3-7-14(20)11-19-8-5-6-9-19/h12-14H,3-11H2,1-2H3/t14-/m1/s1. The van der Waals surface area contributed by atoms with E-state index in [9.17, 15) is 4.79 Å². The zero-order chi connectivity index (χ0) is 15.5. The molecule has 5 heteroatoms. The van der Waals surface area contributed by atoms with E-state index in [0.29, 0.717) is 17.0 Å². The maximum Gasteiger partial charge on any atom is 0.283 e. The van der Waals surface area contributed by atoms with Crippen molar-refractivity contribution in [2.45, 2.75) is 57.9 Å². The Morgan fingerprint density at radius 3 is 2.68 bits per heavy atom. The van der Waals surface area contributed by atoms with E-state index in [0.717, 1.165) is 31.6 Å². The number of aromatic nitrogens is 1. The van der Waals surface area contributed by atoms with Gasteiger partial charge in [-0.1, -0.05) is 13.8 Å². The molecule has 0 aromatic carbocycles. The highest BCUT2D eigenvalue weighted by Gasteiger charge is 2.31. The molecule has 122 valence electrons. The first-order valence-corrected chi connectivity index (χ1v) is 9.52. The average molecular weight is 321 g/mol. The van der Waals surface area contributed by atoms with Crippen LogP contribution >= 0.6 is 11.3 Å². The van der Waals surface area contributed by atoms with Gasteiger partial charge in [-0.3, -0.25) is 4.79 Å². The molecule has 1 aromatic heterocycles. The van der Waals surface area contributed by atoms with E-state index in [2.05, 4.69) is 28.6 Å². The van der Waals surface area contributed by atoms with E-state index in [4.69, 9.17) is 0 Å². The molecule has 2 aliphatic rings. The van der Waals surface area contributed by atoms with E-state index >= 15 is 0 Å². The smallest absolute Gasteiger partial charge is 0.283 e. The summed E-state index contributed by atoms with van der Waals surface area (Å²) in [4.78, 5) is 22.1. The molecule has 0 N–H and O–H groups in total. The number of carbonyl (C=O) groups is 1. The van der Waals surface area contributed by atoms with Gasteiger partial charge in [0, 0.05) is 24.5 Å². The number of rotatable bonds is 4. The fourth-order valence-corrected chi connectivity index (χ4v) is 4.43. The second-order valence-electron chi connectivity index (χ2n) is 6.89. The molecule has 22 heavy (non-hydrogen) atoms. The second-order valence-corrected chi connectivity index (χ2v) is 7.75. The van der Waals surface area contributed by atoms with Crippen molar-refractivity contribution in [2.75, 3.05) is 26.2 Å². The van der Waals surface area contributed by atoms with Crippen molar-refractivity contribution in [3.05, 3.63) is 16.1 Å². The third-order valence-electron chi connectivity index (χ3n) is 4.85. The largest absolute Gasteiger partial charge is 0.332 e. The SMILES string of the molecule is CC(C)c1csc(C(=O)N2CCCC[C@@H]2CN2CCCC2)n1. The van der Waals surface area contributed by atoms with Gasteiger partial charge < -0.3 is 9.80 Å². The van der Waals surface area contributed by atoms with Crippen LogP contribution < -0.4 is 0 Å². The van der Waals surface area contributed by atoms with Crippen LogP contribution in [0.2, 0.25) is 0 Å². The minimum atomic E-state index is 0.154. The lowest BCUT2D eigenvalue weighted by Gasteiger charge is -2.37. The van der Waals surface area contributed by atoms with Crippen LogP contribution in [0, 0.1) is 0 Å². The Balaban J connectivity index is 1.69. The third-order valence-corrected chi connectivity index (χ3v) is 5.70. The quantitative estimate of drug-likeness (QED) is 0.853. The lowest BCUT2D eigenvalue weighted by molar-refractivity contribution is 0.0560. The highest BCUT2D eigenvalue weighted by Crippen LogP contribution is 2.24. The van der Waals surface area contributed by atoms with E-state index in [1.54, 1.807) is 0 Å². The summed E-state index contributed by atoms with van der Waals surface area (Å²) < 4.78 is 0. The number of amides is 1. The number of piperidine rings is 1. The van der Waals surface area contributed by atoms with Gasteiger partial charge in [0.2, 0.25) is 0 Å². The Kier molecular flexibility index (Phi) is 5.14. The average Bonchev–Trinajstić information content (AvgIpc) is 3.18. The molecular formula is C17H27N3OS. The molecule has 3 heterocycles. The molecule has 3 rings (SSSR count). The maximum absolute atomic E-state index is 12.9. The Morgan fingerprint density at radius 2 is 2.00 bits per heavy atom. The molecule has 1 amide bonds. The molecule has 0 radical (unpaired) electrons. The molecule has 2 aliphatic heterocycles. The second kappa shape index (κ2) is 7.09. The minimum Gasteiger partial charge on any atom is -0.332 e. The van der Waals surface area contributed by atoms with Crippen molar-refractivity contribution in [3.8, 4) is 0 Å². The number of carbonyl (C=O) groups excluding carboxylic acids is 1. The zero-order valence-electron chi connectivity index (χ0n) is 13.8. The van der Waals surface area contributed by atoms with Gasteiger partial charge >= 0.3 is 0 Å². The van der Waals surface area contributed by atoms with Gasteiger partial charge in [-0.15, -0.1) is 11.3 Å². The molecule has 0 unspecified atom stereocenters. The molecular weight excluding hydrogens is 294 g/mol. The van der Waals surface area contributed by atoms with E-state index < -0.39 is 0 Å². The lowest BCUT2D eigenvalue weighted by atomic mass is 10.0. The van der Waals surface area contributed by atoms with Gasteiger partial charge in [-0.05, 0) is 51.1 Å². The van der Waals surface area contributed by atoms with Crippen molar-refractivity contribution in [3.63, 3.8) is 0 Å². The number of hydrogen-bond acceptors (Lipinski definition) is 4. The topological polar surface area (TPSA) is 36.4 Å². The lowest BCUT2D eigenvalue weighted by Crippen LogP contribution is -2.49. The number of nitrogens with zero attached hydrogens (tertiary/aromatic N) is 3. The first-order valence-electron chi connectivity index (χ1n) is 8.64. The predicted octanol–water partition coefficient (Wildman–Crippen LogP) is 3.36. The van der Waals surface area contributed by atoms with Crippen molar-refractivity contribution < 1.29 is 4.79 Å². The molecule has 1 aromatic rings. The molecule has 1 atom stereocenters. The van der Waals surface area contributed by atoms with Gasteiger partial charge in [0.1, 0.15) is 0 Å². The first-order chi connectivity index (χ1) is 10.6. The molecule has 4 nitrogen and oxygen atoms in total.